The van der Waals surface area contributed by atoms with E-state index >= 15 is 0 Å². The first kappa shape index (κ1) is 16.5. The van der Waals surface area contributed by atoms with Gasteiger partial charge in [0.05, 0.1) is 7.11 Å². The molecule has 3 rings (SSSR count). The van der Waals surface area contributed by atoms with Crippen LogP contribution in [0.1, 0.15) is 10.4 Å². The van der Waals surface area contributed by atoms with E-state index < -0.39 is 11.6 Å². The molecule has 0 atom stereocenters. The molecule has 24 heavy (non-hydrogen) atoms. The third kappa shape index (κ3) is 3.58. The maximum absolute atomic E-state index is 12.2. The number of carbonyl (C=O) groups is 1. The lowest BCUT2D eigenvalue weighted by molar-refractivity contribution is 0.0451. The molecule has 0 saturated carbocycles. The number of benzene rings is 1. The van der Waals surface area contributed by atoms with Crippen LogP contribution in [-0.2, 0) is 4.74 Å². The molecule has 0 bridgehead atoms. The Balaban J connectivity index is 1.70. The molecule has 0 amide bonds. The summed E-state index contributed by atoms with van der Waals surface area (Å²) in [6, 6.07) is 6.69. The van der Waals surface area contributed by atoms with E-state index in [1.54, 1.807) is 18.2 Å². The largest absolute Gasteiger partial charge is 0.493 e. The molecule has 7 heteroatoms. The fourth-order valence-electron chi connectivity index (χ4n) is 2.70. The van der Waals surface area contributed by atoms with Gasteiger partial charge in [0.25, 0.3) is 0 Å². The third-order valence-electron chi connectivity index (χ3n) is 4.01. The van der Waals surface area contributed by atoms with Gasteiger partial charge in [-0.2, -0.15) is 0 Å². The molecule has 128 valence electrons. The zero-order valence-corrected chi connectivity index (χ0v) is 13.5. The fraction of sp³-hybridized carbons (Fsp3) is 0.412. The minimum atomic E-state index is -0.723. The Morgan fingerprint density at radius 3 is 2.88 bits per heavy atom. The lowest BCUT2D eigenvalue weighted by Gasteiger charge is -2.26. The van der Waals surface area contributed by atoms with Crippen molar-refractivity contribution in [3.05, 3.63) is 40.2 Å². The van der Waals surface area contributed by atoms with Crippen LogP contribution < -0.4 is 15.7 Å². The Hall–Kier alpha value is -2.38. The van der Waals surface area contributed by atoms with Gasteiger partial charge in [0.2, 0.25) is 0 Å². The lowest BCUT2D eigenvalue weighted by atomic mass is 10.2. The van der Waals surface area contributed by atoms with Crippen LogP contribution in [0.3, 0.4) is 0 Å². The van der Waals surface area contributed by atoms with Gasteiger partial charge in [0, 0.05) is 38.1 Å². The van der Waals surface area contributed by atoms with Crippen molar-refractivity contribution in [3.8, 4) is 5.75 Å². The molecule has 0 unspecified atom stereocenters. The average molecular weight is 332 g/mol. The van der Waals surface area contributed by atoms with E-state index in [1.807, 2.05) is 0 Å². The normalized spacial score (nSPS) is 15.4. The number of esters is 1. The summed E-state index contributed by atoms with van der Waals surface area (Å²) in [7, 11) is 1.49. The van der Waals surface area contributed by atoms with Gasteiger partial charge in [-0.15, -0.1) is 0 Å². The van der Waals surface area contributed by atoms with Gasteiger partial charge in [-0.1, -0.05) is 12.1 Å². The molecule has 7 nitrogen and oxygen atoms in total. The van der Waals surface area contributed by atoms with Gasteiger partial charge in [-0.05, 0) is 12.1 Å². The molecule has 0 aliphatic carbocycles. The van der Waals surface area contributed by atoms with E-state index in [2.05, 4.69) is 10.2 Å². The molecule has 1 aromatic carbocycles. The lowest BCUT2D eigenvalue weighted by Crippen LogP contribution is -2.44. The maximum Gasteiger partial charge on any atom is 0.351 e. The molecule has 1 aliphatic rings. The SMILES string of the molecule is COc1cccc2cc(C(=O)OCCN3CCNCC3)c(=O)oc12. The first-order valence-corrected chi connectivity index (χ1v) is 7.90. The van der Waals surface area contributed by atoms with Crippen LogP contribution in [0.4, 0.5) is 0 Å². The quantitative estimate of drug-likeness (QED) is 0.642. The van der Waals surface area contributed by atoms with Gasteiger partial charge in [0.15, 0.2) is 11.3 Å². The number of hydrogen-bond acceptors (Lipinski definition) is 7. The van der Waals surface area contributed by atoms with E-state index in [1.165, 1.54) is 13.2 Å². The van der Waals surface area contributed by atoms with Gasteiger partial charge in [0.1, 0.15) is 12.2 Å². The molecule has 1 saturated heterocycles. The highest BCUT2D eigenvalue weighted by Crippen LogP contribution is 2.24. The molecule has 1 fully saturated rings. The van der Waals surface area contributed by atoms with Gasteiger partial charge >= 0.3 is 11.6 Å². The summed E-state index contributed by atoms with van der Waals surface area (Å²) < 4.78 is 15.6. The average Bonchev–Trinajstić information content (AvgIpc) is 2.61. The second-order valence-electron chi connectivity index (χ2n) is 5.55. The van der Waals surface area contributed by atoms with Crippen LogP contribution in [0.2, 0.25) is 0 Å². The second kappa shape index (κ2) is 7.46. The van der Waals surface area contributed by atoms with Crippen LogP contribution in [-0.4, -0.2) is 57.3 Å². The molecule has 1 aromatic heterocycles. The predicted molar refractivity (Wildman–Crippen MR) is 88.6 cm³/mol. The molecule has 2 aromatic rings. The van der Waals surface area contributed by atoms with Crippen molar-refractivity contribution >= 4 is 16.9 Å². The van der Waals surface area contributed by atoms with Crippen LogP contribution in [0.5, 0.6) is 5.75 Å². The predicted octanol–water partition coefficient (Wildman–Crippen LogP) is 0.864. The first-order valence-electron chi connectivity index (χ1n) is 7.90. The van der Waals surface area contributed by atoms with Crippen LogP contribution in [0.25, 0.3) is 11.0 Å². The number of para-hydroxylation sites is 1. The van der Waals surface area contributed by atoms with Crippen LogP contribution in [0.15, 0.2) is 33.5 Å². The van der Waals surface area contributed by atoms with Crippen molar-refractivity contribution in [2.45, 2.75) is 0 Å². The standard InChI is InChI=1S/C17H20N2O5/c1-22-14-4-2-3-12-11-13(17(21)24-15(12)14)16(20)23-10-9-19-7-5-18-6-8-19/h2-4,11,18H,5-10H2,1H3. The number of nitrogens with one attached hydrogen (secondary N) is 1. The third-order valence-corrected chi connectivity index (χ3v) is 4.01. The molecule has 1 N–H and O–H groups in total. The van der Waals surface area contributed by atoms with Crippen molar-refractivity contribution in [2.24, 2.45) is 0 Å². The molecule has 0 radical (unpaired) electrons. The van der Waals surface area contributed by atoms with E-state index in [0.29, 0.717) is 23.3 Å². The maximum atomic E-state index is 12.2. The molecular formula is C17H20N2O5. The van der Waals surface area contributed by atoms with Gasteiger partial charge in [-0.25, -0.2) is 9.59 Å². The zero-order valence-electron chi connectivity index (χ0n) is 13.5. The van der Waals surface area contributed by atoms with Crippen molar-refractivity contribution < 1.29 is 18.7 Å². The number of ether oxygens (including phenoxy) is 2. The Morgan fingerprint density at radius 1 is 1.33 bits per heavy atom. The van der Waals surface area contributed by atoms with Crippen LogP contribution in [0, 0.1) is 0 Å². The molecular weight excluding hydrogens is 312 g/mol. The first-order chi connectivity index (χ1) is 11.7. The Morgan fingerprint density at radius 2 is 2.12 bits per heavy atom. The summed E-state index contributed by atoms with van der Waals surface area (Å²) in [6.45, 7) is 4.62. The van der Waals surface area contributed by atoms with Crippen LogP contribution >= 0.6 is 0 Å². The fourth-order valence-corrected chi connectivity index (χ4v) is 2.70. The summed E-state index contributed by atoms with van der Waals surface area (Å²) in [5.41, 5.74) is -0.502. The van der Waals surface area contributed by atoms with Crippen molar-refractivity contribution in [3.63, 3.8) is 0 Å². The molecule has 1 aliphatic heterocycles. The summed E-state index contributed by atoms with van der Waals surface area (Å²) >= 11 is 0. The Bertz CT molecular complexity index is 780. The number of fused-ring (bicyclic) bond motifs is 1. The van der Waals surface area contributed by atoms with Gasteiger partial charge in [-0.3, -0.25) is 4.90 Å². The minimum absolute atomic E-state index is 0.101. The summed E-state index contributed by atoms with van der Waals surface area (Å²) in [5, 5.41) is 3.87. The second-order valence-corrected chi connectivity index (χ2v) is 5.55. The number of hydrogen-bond donors (Lipinski definition) is 1. The minimum Gasteiger partial charge on any atom is -0.493 e. The van der Waals surface area contributed by atoms with Crippen molar-refractivity contribution in [1.82, 2.24) is 10.2 Å². The van der Waals surface area contributed by atoms with E-state index in [0.717, 1.165) is 26.2 Å². The van der Waals surface area contributed by atoms with E-state index in [-0.39, 0.29) is 12.2 Å². The Kier molecular flexibility index (Phi) is 5.12. The number of piperazine rings is 1. The highest BCUT2D eigenvalue weighted by atomic mass is 16.5. The summed E-state index contributed by atoms with van der Waals surface area (Å²) in [4.78, 5) is 26.4. The van der Waals surface area contributed by atoms with Gasteiger partial charge < -0.3 is 19.2 Å². The Labute approximate surface area is 139 Å². The number of methoxy groups -OCH3 is 1. The number of rotatable bonds is 5. The van der Waals surface area contributed by atoms with E-state index in [4.69, 9.17) is 13.9 Å². The topological polar surface area (TPSA) is 81.0 Å². The zero-order chi connectivity index (χ0) is 16.9. The number of carbonyl (C=O) groups excluding carboxylic acids is 1. The van der Waals surface area contributed by atoms with Crippen molar-refractivity contribution in [2.75, 3.05) is 46.4 Å². The molecule has 2 heterocycles. The highest BCUT2D eigenvalue weighted by Gasteiger charge is 2.17. The number of nitrogens with zero attached hydrogens (tertiary/aromatic N) is 1. The summed E-state index contributed by atoms with van der Waals surface area (Å²) in [6.07, 6.45) is 0. The van der Waals surface area contributed by atoms with E-state index in [9.17, 15) is 9.59 Å². The summed E-state index contributed by atoms with van der Waals surface area (Å²) in [5.74, 6) is -0.216. The smallest absolute Gasteiger partial charge is 0.351 e. The van der Waals surface area contributed by atoms with Crippen molar-refractivity contribution in [1.29, 1.82) is 0 Å². The molecule has 0 spiro atoms. The highest BCUT2D eigenvalue weighted by molar-refractivity contribution is 5.94. The monoisotopic (exact) mass is 332 g/mol.